The predicted molar refractivity (Wildman–Crippen MR) is 121 cm³/mol. The molecule has 0 radical (unpaired) electrons. The van der Waals surface area contributed by atoms with Gasteiger partial charge in [0.05, 0.1) is 12.9 Å². The van der Waals surface area contributed by atoms with Crippen molar-refractivity contribution < 1.29 is 4.79 Å². The smallest absolute Gasteiger partial charge is 0.333 e. The van der Waals surface area contributed by atoms with Crippen LogP contribution in [0.25, 0.3) is 11.2 Å². The molecule has 0 aliphatic rings. The van der Waals surface area contributed by atoms with Gasteiger partial charge in [-0.2, -0.15) is 0 Å². The van der Waals surface area contributed by atoms with Gasteiger partial charge in [0.15, 0.2) is 11.2 Å². The molecule has 2 heterocycles. The second kappa shape index (κ2) is 9.76. The molecule has 1 atom stereocenters. The number of unbranched alkanes of at least 4 members (excludes halogenated alkanes) is 1. The van der Waals surface area contributed by atoms with Gasteiger partial charge in [-0.25, -0.2) is 14.3 Å². The number of hydrogen-bond acceptors (Lipinski definition) is 4. The number of nitrogens with one attached hydrogen (secondary N) is 1. The Morgan fingerprint density at radius 3 is 2.45 bits per heavy atom. The SMILES string of the molecule is CCCCn1cnc2c1c(=O)n(CC(=O)N[C@H](C)C(C)C)c(=O)n2Cc1ccccc1. The van der Waals surface area contributed by atoms with Crippen LogP contribution < -0.4 is 16.6 Å². The number of benzene rings is 1. The molecular formula is C23H31N5O3. The van der Waals surface area contributed by atoms with Crippen LogP contribution in [0.3, 0.4) is 0 Å². The van der Waals surface area contributed by atoms with Crippen LogP contribution in [-0.2, 0) is 24.4 Å². The minimum atomic E-state index is -0.533. The van der Waals surface area contributed by atoms with Gasteiger partial charge in [0.2, 0.25) is 5.91 Å². The summed E-state index contributed by atoms with van der Waals surface area (Å²) in [6.45, 7) is 8.56. The maximum Gasteiger partial charge on any atom is 0.333 e. The minimum Gasteiger partial charge on any atom is -0.352 e. The van der Waals surface area contributed by atoms with Crippen molar-refractivity contribution in [3.8, 4) is 0 Å². The summed E-state index contributed by atoms with van der Waals surface area (Å²) < 4.78 is 4.29. The lowest BCUT2D eigenvalue weighted by Gasteiger charge is -2.18. The highest BCUT2D eigenvalue weighted by atomic mass is 16.2. The quantitative estimate of drug-likeness (QED) is 0.570. The van der Waals surface area contributed by atoms with Crippen LogP contribution in [-0.4, -0.2) is 30.6 Å². The van der Waals surface area contributed by atoms with Crippen LogP contribution in [0.1, 0.15) is 46.1 Å². The molecule has 0 bridgehead atoms. The normalized spacial score (nSPS) is 12.4. The molecule has 8 nitrogen and oxygen atoms in total. The molecule has 3 aromatic rings. The molecule has 0 saturated carbocycles. The van der Waals surface area contributed by atoms with Crippen molar-refractivity contribution in [3.63, 3.8) is 0 Å². The highest BCUT2D eigenvalue weighted by Crippen LogP contribution is 2.11. The van der Waals surface area contributed by atoms with Gasteiger partial charge in [-0.3, -0.25) is 14.2 Å². The summed E-state index contributed by atoms with van der Waals surface area (Å²) >= 11 is 0. The third-order valence-corrected chi connectivity index (χ3v) is 5.61. The zero-order valence-electron chi connectivity index (χ0n) is 18.7. The van der Waals surface area contributed by atoms with E-state index in [0.29, 0.717) is 17.7 Å². The Bertz CT molecular complexity index is 1160. The fourth-order valence-electron chi connectivity index (χ4n) is 3.39. The number of imidazole rings is 1. The standard InChI is InChI=1S/C23H31N5O3/c1-5-6-12-26-15-24-21-20(26)22(30)28(14-19(29)25-17(4)16(2)3)23(31)27(21)13-18-10-8-7-9-11-18/h7-11,15-17H,5-6,12-14H2,1-4H3,(H,25,29)/t17-/m1/s1. The summed E-state index contributed by atoms with van der Waals surface area (Å²) in [5.74, 6) is -0.112. The molecule has 2 aromatic heterocycles. The van der Waals surface area contributed by atoms with Gasteiger partial charge < -0.3 is 9.88 Å². The molecule has 0 spiro atoms. The van der Waals surface area contributed by atoms with Gasteiger partial charge in [-0.05, 0) is 24.8 Å². The van der Waals surface area contributed by atoms with E-state index in [1.165, 1.54) is 4.57 Å². The van der Waals surface area contributed by atoms with Crippen LogP contribution in [0.2, 0.25) is 0 Å². The molecule has 0 aliphatic carbocycles. The topological polar surface area (TPSA) is 90.9 Å². The van der Waals surface area contributed by atoms with Gasteiger partial charge in [-0.15, -0.1) is 0 Å². The predicted octanol–water partition coefficient (Wildman–Crippen LogP) is 2.37. The van der Waals surface area contributed by atoms with E-state index >= 15 is 0 Å². The van der Waals surface area contributed by atoms with Gasteiger partial charge in [-0.1, -0.05) is 57.5 Å². The van der Waals surface area contributed by atoms with E-state index in [1.807, 2.05) is 51.1 Å². The number of amides is 1. The monoisotopic (exact) mass is 425 g/mol. The minimum absolute atomic E-state index is 0.0615. The zero-order valence-corrected chi connectivity index (χ0v) is 18.7. The Morgan fingerprint density at radius 2 is 1.81 bits per heavy atom. The van der Waals surface area contributed by atoms with Gasteiger partial charge in [0, 0.05) is 12.6 Å². The number of rotatable bonds is 9. The second-order valence-electron chi connectivity index (χ2n) is 8.31. The van der Waals surface area contributed by atoms with Crippen molar-refractivity contribution in [1.82, 2.24) is 24.0 Å². The van der Waals surface area contributed by atoms with Crippen LogP contribution in [0.15, 0.2) is 46.2 Å². The average molecular weight is 426 g/mol. The molecule has 1 amide bonds. The summed E-state index contributed by atoms with van der Waals surface area (Å²) in [6.07, 6.45) is 3.45. The first-order chi connectivity index (χ1) is 14.8. The van der Waals surface area contributed by atoms with Crippen molar-refractivity contribution in [1.29, 1.82) is 0 Å². The molecular weight excluding hydrogens is 394 g/mol. The van der Waals surface area contributed by atoms with Crippen molar-refractivity contribution in [2.45, 2.75) is 66.2 Å². The molecule has 31 heavy (non-hydrogen) atoms. The molecule has 0 saturated heterocycles. The first-order valence-electron chi connectivity index (χ1n) is 10.8. The lowest BCUT2D eigenvalue weighted by Crippen LogP contribution is -2.46. The Hall–Kier alpha value is -3.16. The highest BCUT2D eigenvalue weighted by Gasteiger charge is 2.20. The van der Waals surface area contributed by atoms with Crippen molar-refractivity contribution in [3.05, 3.63) is 63.1 Å². The summed E-state index contributed by atoms with van der Waals surface area (Å²) in [7, 11) is 0. The van der Waals surface area contributed by atoms with E-state index in [4.69, 9.17) is 0 Å². The second-order valence-corrected chi connectivity index (χ2v) is 8.31. The Morgan fingerprint density at radius 1 is 1.10 bits per heavy atom. The number of carbonyl (C=O) groups excluding carboxylic acids is 1. The number of carbonyl (C=O) groups is 1. The Balaban J connectivity index is 2.11. The first kappa shape index (κ1) is 22.5. The lowest BCUT2D eigenvalue weighted by atomic mass is 10.1. The van der Waals surface area contributed by atoms with Crippen LogP contribution in [0.4, 0.5) is 0 Å². The van der Waals surface area contributed by atoms with E-state index in [-0.39, 0.29) is 31.0 Å². The van der Waals surface area contributed by atoms with Gasteiger partial charge >= 0.3 is 5.69 Å². The van der Waals surface area contributed by atoms with E-state index in [9.17, 15) is 14.4 Å². The lowest BCUT2D eigenvalue weighted by molar-refractivity contribution is -0.122. The maximum absolute atomic E-state index is 13.3. The Kier molecular flexibility index (Phi) is 7.09. The summed E-state index contributed by atoms with van der Waals surface area (Å²) in [4.78, 5) is 43.5. The van der Waals surface area contributed by atoms with Crippen LogP contribution in [0, 0.1) is 5.92 Å². The van der Waals surface area contributed by atoms with Gasteiger partial charge in [0.25, 0.3) is 5.56 Å². The van der Waals surface area contributed by atoms with Crippen molar-refractivity contribution in [2.24, 2.45) is 5.92 Å². The summed E-state index contributed by atoms with van der Waals surface area (Å²) in [6, 6.07) is 9.47. The molecule has 1 N–H and O–H groups in total. The Labute approximate surface area is 181 Å². The zero-order chi connectivity index (χ0) is 22.5. The summed E-state index contributed by atoms with van der Waals surface area (Å²) in [5.41, 5.74) is 0.604. The highest BCUT2D eigenvalue weighted by molar-refractivity contribution is 5.77. The fourth-order valence-corrected chi connectivity index (χ4v) is 3.39. The van der Waals surface area contributed by atoms with Gasteiger partial charge in [0.1, 0.15) is 6.54 Å². The first-order valence-corrected chi connectivity index (χ1v) is 10.8. The van der Waals surface area contributed by atoms with E-state index in [1.54, 1.807) is 10.9 Å². The molecule has 166 valence electrons. The fraction of sp³-hybridized carbons (Fsp3) is 0.478. The largest absolute Gasteiger partial charge is 0.352 e. The van der Waals surface area contributed by atoms with E-state index < -0.39 is 11.2 Å². The molecule has 0 unspecified atom stereocenters. The molecule has 0 aliphatic heterocycles. The van der Waals surface area contributed by atoms with E-state index in [0.717, 1.165) is 23.0 Å². The number of nitrogens with zero attached hydrogens (tertiary/aromatic N) is 4. The third-order valence-electron chi connectivity index (χ3n) is 5.61. The molecule has 1 aromatic carbocycles. The number of aryl methyl sites for hydroxylation is 1. The number of hydrogen-bond donors (Lipinski definition) is 1. The van der Waals surface area contributed by atoms with Crippen LogP contribution >= 0.6 is 0 Å². The molecule has 3 rings (SSSR count). The molecule has 0 fully saturated rings. The maximum atomic E-state index is 13.3. The molecule has 8 heteroatoms. The third kappa shape index (κ3) is 4.95. The van der Waals surface area contributed by atoms with E-state index in [2.05, 4.69) is 17.2 Å². The number of fused-ring (bicyclic) bond motifs is 1. The number of aromatic nitrogens is 4. The van der Waals surface area contributed by atoms with Crippen molar-refractivity contribution >= 4 is 17.1 Å². The van der Waals surface area contributed by atoms with Crippen molar-refractivity contribution in [2.75, 3.05) is 0 Å². The van der Waals surface area contributed by atoms with Crippen LogP contribution in [0.5, 0.6) is 0 Å². The average Bonchev–Trinajstić information content (AvgIpc) is 3.17. The summed E-state index contributed by atoms with van der Waals surface area (Å²) in [5, 5.41) is 2.87.